The highest BCUT2D eigenvalue weighted by molar-refractivity contribution is 5.40. The summed E-state index contributed by atoms with van der Waals surface area (Å²) in [5.74, 6) is 1.10. The van der Waals surface area contributed by atoms with Crippen molar-refractivity contribution in [1.82, 2.24) is 9.97 Å². The fourth-order valence-corrected chi connectivity index (χ4v) is 1.14. The van der Waals surface area contributed by atoms with Crippen LogP contribution in [0.1, 0.15) is 6.92 Å². The Hall–Kier alpha value is -1.36. The minimum Gasteiger partial charge on any atom is -0.383 e. The minimum atomic E-state index is 0.259. The van der Waals surface area contributed by atoms with Gasteiger partial charge in [-0.15, -0.1) is 0 Å². The molecule has 0 aliphatic heterocycles. The normalized spacial score (nSPS) is 12.5. The van der Waals surface area contributed by atoms with E-state index in [1.165, 1.54) is 0 Å². The van der Waals surface area contributed by atoms with Crippen molar-refractivity contribution in [3.63, 3.8) is 0 Å². The van der Waals surface area contributed by atoms with Crippen molar-refractivity contribution in [2.75, 3.05) is 31.4 Å². The van der Waals surface area contributed by atoms with Crippen molar-refractivity contribution in [1.29, 1.82) is 0 Å². The number of rotatable bonds is 4. The molecule has 14 heavy (non-hydrogen) atoms. The molecule has 1 unspecified atom stereocenters. The number of likely N-dealkylation sites (N-methyl/N-ethyl adjacent to an activating group) is 1. The van der Waals surface area contributed by atoms with Gasteiger partial charge >= 0.3 is 0 Å². The smallest absolute Gasteiger partial charge is 0.221 e. The predicted molar refractivity (Wildman–Crippen MR) is 56.2 cm³/mol. The van der Waals surface area contributed by atoms with E-state index in [0.717, 1.165) is 5.82 Å². The molecule has 1 rings (SSSR count). The number of nitrogens with zero attached hydrogens (tertiary/aromatic N) is 3. The molecule has 0 saturated heterocycles. The van der Waals surface area contributed by atoms with E-state index in [-0.39, 0.29) is 6.04 Å². The second-order valence-corrected chi connectivity index (χ2v) is 3.19. The van der Waals surface area contributed by atoms with Crippen LogP contribution in [0.3, 0.4) is 0 Å². The Kier molecular flexibility index (Phi) is 3.64. The van der Waals surface area contributed by atoms with E-state index in [1.807, 2.05) is 18.0 Å². The van der Waals surface area contributed by atoms with Gasteiger partial charge in [-0.2, -0.15) is 4.98 Å². The van der Waals surface area contributed by atoms with Crippen LogP contribution in [0, 0.1) is 0 Å². The van der Waals surface area contributed by atoms with Crippen molar-refractivity contribution in [3.8, 4) is 0 Å². The lowest BCUT2D eigenvalue weighted by Crippen LogP contribution is -2.33. The Morgan fingerprint density at radius 3 is 2.93 bits per heavy atom. The van der Waals surface area contributed by atoms with Gasteiger partial charge in [0, 0.05) is 20.4 Å². The molecule has 0 amide bonds. The highest BCUT2D eigenvalue weighted by Gasteiger charge is 2.10. The highest BCUT2D eigenvalue weighted by Crippen LogP contribution is 2.11. The third-order valence-electron chi connectivity index (χ3n) is 2.09. The molecule has 0 aliphatic rings. The molecule has 1 atom stereocenters. The summed E-state index contributed by atoms with van der Waals surface area (Å²) in [5.41, 5.74) is 5.49. The first-order valence-electron chi connectivity index (χ1n) is 4.45. The fourth-order valence-electron chi connectivity index (χ4n) is 1.14. The number of hydrogen-bond donors (Lipinski definition) is 1. The summed E-state index contributed by atoms with van der Waals surface area (Å²) in [6.45, 7) is 2.71. The zero-order chi connectivity index (χ0) is 10.6. The molecule has 5 heteroatoms. The number of methoxy groups -OCH3 is 1. The summed E-state index contributed by atoms with van der Waals surface area (Å²) in [7, 11) is 3.63. The van der Waals surface area contributed by atoms with E-state index in [1.54, 1.807) is 13.3 Å². The number of anilines is 2. The average molecular weight is 196 g/mol. The molecule has 0 spiro atoms. The molecule has 0 saturated carbocycles. The molecule has 5 nitrogen and oxygen atoms in total. The van der Waals surface area contributed by atoms with Gasteiger partial charge in [-0.1, -0.05) is 0 Å². The van der Waals surface area contributed by atoms with Gasteiger partial charge in [0.25, 0.3) is 0 Å². The maximum absolute atomic E-state index is 5.49. The van der Waals surface area contributed by atoms with Gasteiger partial charge in [0.2, 0.25) is 5.95 Å². The SMILES string of the molecule is COCC(C)N(C)c1ccnc(N)n1. The largest absolute Gasteiger partial charge is 0.383 e. The Morgan fingerprint density at radius 2 is 2.36 bits per heavy atom. The lowest BCUT2D eigenvalue weighted by molar-refractivity contribution is 0.183. The molecule has 0 bridgehead atoms. The molecule has 0 aliphatic carbocycles. The van der Waals surface area contributed by atoms with E-state index in [9.17, 15) is 0 Å². The number of ether oxygens (including phenoxy) is 1. The van der Waals surface area contributed by atoms with Gasteiger partial charge in [0.15, 0.2) is 0 Å². The number of aromatic nitrogens is 2. The second kappa shape index (κ2) is 4.76. The summed E-state index contributed by atoms with van der Waals surface area (Å²) in [5, 5.41) is 0. The standard InChI is InChI=1S/C9H16N4O/c1-7(6-14-3)13(2)8-4-5-11-9(10)12-8/h4-5,7H,6H2,1-3H3,(H2,10,11,12). The second-order valence-electron chi connectivity index (χ2n) is 3.19. The molecule has 0 radical (unpaired) electrons. The summed E-state index contributed by atoms with van der Waals surface area (Å²) >= 11 is 0. The molecular formula is C9H16N4O. The summed E-state index contributed by atoms with van der Waals surface area (Å²) in [6.07, 6.45) is 1.65. The predicted octanol–water partition coefficient (Wildman–Crippen LogP) is 0.530. The Balaban J connectivity index is 2.73. The zero-order valence-electron chi connectivity index (χ0n) is 8.77. The average Bonchev–Trinajstić information content (AvgIpc) is 2.17. The van der Waals surface area contributed by atoms with Crippen molar-refractivity contribution in [2.24, 2.45) is 0 Å². The van der Waals surface area contributed by atoms with Crippen LogP contribution in [0.15, 0.2) is 12.3 Å². The monoisotopic (exact) mass is 196 g/mol. The number of nitrogen functional groups attached to an aromatic ring is 1. The maximum Gasteiger partial charge on any atom is 0.221 e. The van der Waals surface area contributed by atoms with E-state index in [0.29, 0.717) is 12.6 Å². The fraction of sp³-hybridized carbons (Fsp3) is 0.556. The number of nitrogens with two attached hydrogens (primary N) is 1. The molecule has 0 aromatic carbocycles. The van der Waals surface area contributed by atoms with Crippen molar-refractivity contribution >= 4 is 11.8 Å². The van der Waals surface area contributed by atoms with Gasteiger partial charge in [-0.05, 0) is 13.0 Å². The van der Waals surface area contributed by atoms with Crippen LogP contribution in [0.5, 0.6) is 0 Å². The van der Waals surface area contributed by atoms with Crippen LogP contribution in [0.2, 0.25) is 0 Å². The Morgan fingerprint density at radius 1 is 1.64 bits per heavy atom. The third kappa shape index (κ3) is 2.56. The van der Waals surface area contributed by atoms with Gasteiger partial charge in [0.1, 0.15) is 5.82 Å². The van der Waals surface area contributed by atoms with Crippen LogP contribution in [0.4, 0.5) is 11.8 Å². The van der Waals surface area contributed by atoms with E-state index >= 15 is 0 Å². The molecule has 0 fully saturated rings. The van der Waals surface area contributed by atoms with Crippen LogP contribution < -0.4 is 10.6 Å². The molecule has 1 aromatic rings. The maximum atomic E-state index is 5.49. The van der Waals surface area contributed by atoms with Crippen LogP contribution >= 0.6 is 0 Å². The van der Waals surface area contributed by atoms with Crippen LogP contribution in [-0.4, -0.2) is 36.8 Å². The van der Waals surface area contributed by atoms with Crippen LogP contribution in [-0.2, 0) is 4.74 Å². The first kappa shape index (κ1) is 10.7. The molecule has 1 aromatic heterocycles. The number of hydrogen-bond acceptors (Lipinski definition) is 5. The minimum absolute atomic E-state index is 0.259. The molecular weight excluding hydrogens is 180 g/mol. The molecule has 1 heterocycles. The molecule has 78 valence electrons. The topological polar surface area (TPSA) is 64.3 Å². The molecule has 2 N–H and O–H groups in total. The lowest BCUT2D eigenvalue weighted by atomic mass is 10.3. The summed E-state index contributed by atoms with van der Waals surface area (Å²) in [6, 6.07) is 2.08. The lowest BCUT2D eigenvalue weighted by Gasteiger charge is -2.25. The summed E-state index contributed by atoms with van der Waals surface area (Å²) < 4.78 is 5.06. The van der Waals surface area contributed by atoms with E-state index < -0.39 is 0 Å². The van der Waals surface area contributed by atoms with Crippen molar-refractivity contribution < 1.29 is 4.74 Å². The van der Waals surface area contributed by atoms with Gasteiger partial charge in [0.05, 0.1) is 12.6 Å². The Labute approximate surface area is 83.9 Å². The first-order valence-corrected chi connectivity index (χ1v) is 4.45. The first-order chi connectivity index (χ1) is 6.65. The zero-order valence-corrected chi connectivity index (χ0v) is 8.77. The van der Waals surface area contributed by atoms with E-state index in [2.05, 4.69) is 16.9 Å². The highest BCUT2D eigenvalue weighted by atomic mass is 16.5. The third-order valence-corrected chi connectivity index (χ3v) is 2.09. The van der Waals surface area contributed by atoms with Crippen molar-refractivity contribution in [3.05, 3.63) is 12.3 Å². The van der Waals surface area contributed by atoms with E-state index in [4.69, 9.17) is 10.5 Å². The van der Waals surface area contributed by atoms with Crippen molar-refractivity contribution in [2.45, 2.75) is 13.0 Å². The van der Waals surface area contributed by atoms with Gasteiger partial charge in [-0.25, -0.2) is 4.98 Å². The quantitative estimate of drug-likeness (QED) is 0.761. The Bertz CT molecular complexity index is 292. The summed E-state index contributed by atoms with van der Waals surface area (Å²) in [4.78, 5) is 9.95. The van der Waals surface area contributed by atoms with Gasteiger partial charge in [-0.3, -0.25) is 0 Å². The van der Waals surface area contributed by atoms with Crippen LogP contribution in [0.25, 0.3) is 0 Å². The van der Waals surface area contributed by atoms with Gasteiger partial charge < -0.3 is 15.4 Å².